The van der Waals surface area contributed by atoms with Crippen LogP contribution < -0.4 is 18.9 Å². The smallest absolute Gasteiger partial charge is 1.00 e. The van der Waals surface area contributed by atoms with E-state index in [2.05, 4.69) is 4.98 Å². The third-order valence-corrected chi connectivity index (χ3v) is 0.884. The van der Waals surface area contributed by atoms with Gasteiger partial charge in [0.05, 0.1) is 0 Å². The Bertz CT molecular complexity index is 217. The third-order valence-electron chi connectivity index (χ3n) is 0.884. The molecule has 1 N–H and O–H groups in total. The number of aromatic nitrogens is 1. The van der Waals surface area contributed by atoms with E-state index in [0.29, 0.717) is 0 Å². The summed E-state index contributed by atoms with van der Waals surface area (Å²) in [4.78, 5) is 13.7. The van der Waals surface area contributed by atoms with Crippen molar-refractivity contribution < 1.29 is 30.2 Å². The van der Waals surface area contributed by atoms with Gasteiger partial charge in [-0.25, -0.2) is 9.78 Å². The fourth-order valence-corrected chi connectivity index (χ4v) is 0.489. The maximum absolute atomic E-state index is 10.1. The summed E-state index contributed by atoms with van der Waals surface area (Å²) >= 11 is 0. The van der Waals surface area contributed by atoms with Gasteiger partial charge in [-0.1, -0.05) is 6.07 Å². The second-order valence-electron chi connectivity index (χ2n) is 1.52. The van der Waals surface area contributed by atoms with Crippen molar-refractivity contribution in [2.75, 3.05) is 0 Å². The van der Waals surface area contributed by atoms with Gasteiger partial charge in [0.25, 0.3) is 0 Å². The van der Waals surface area contributed by atoms with Gasteiger partial charge in [0, 0.05) is 6.20 Å². The number of carboxylic acids is 1. The molecule has 48 valence electrons. The van der Waals surface area contributed by atoms with Crippen molar-refractivity contribution in [1.29, 1.82) is 0 Å². The van der Waals surface area contributed by atoms with E-state index in [9.17, 15) is 4.79 Å². The Morgan fingerprint density at radius 1 is 1.60 bits per heavy atom. The first-order chi connectivity index (χ1) is 4.30. The maximum Gasteiger partial charge on any atom is 1.00 e. The number of carboxylic acid groups (broad SMARTS) is 1. The van der Waals surface area contributed by atoms with Gasteiger partial charge in [0.2, 0.25) is 0 Å². The Kier molecular flexibility index (Phi) is 3.78. The number of hydrogen-bond acceptors (Lipinski definition) is 2. The summed E-state index contributed by atoms with van der Waals surface area (Å²) in [7, 11) is 0. The molecule has 0 amide bonds. The standard InChI is InChI=1S/C6H5NO2.Li.H/c8-6(9)5-3-1-2-4-7-5;;/h1-4H,(H,8,9);;/q;+1;-1. The van der Waals surface area contributed by atoms with Gasteiger partial charge in [-0.3, -0.25) is 0 Å². The molecule has 1 aromatic heterocycles. The van der Waals surface area contributed by atoms with Gasteiger partial charge in [-0.2, -0.15) is 0 Å². The molecule has 1 rings (SSSR count). The second-order valence-corrected chi connectivity index (χ2v) is 1.52. The zero-order chi connectivity index (χ0) is 6.69. The minimum Gasteiger partial charge on any atom is -1.00 e. The summed E-state index contributed by atoms with van der Waals surface area (Å²) in [5, 5.41) is 8.32. The Morgan fingerprint density at radius 2 is 2.30 bits per heavy atom. The van der Waals surface area contributed by atoms with Crippen molar-refractivity contribution in [3.8, 4) is 0 Å². The quantitative estimate of drug-likeness (QED) is 0.444. The fourth-order valence-electron chi connectivity index (χ4n) is 0.489. The van der Waals surface area contributed by atoms with Crippen LogP contribution in [-0.2, 0) is 0 Å². The number of hydrogen-bond donors (Lipinski definition) is 1. The zero-order valence-corrected chi connectivity index (χ0v) is 5.61. The van der Waals surface area contributed by atoms with Gasteiger partial charge in [-0.15, -0.1) is 0 Å². The van der Waals surface area contributed by atoms with E-state index in [0.717, 1.165) is 0 Å². The van der Waals surface area contributed by atoms with Gasteiger partial charge in [0.1, 0.15) is 5.69 Å². The first-order valence-corrected chi connectivity index (χ1v) is 2.45. The summed E-state index contributed by atoms with van der Waals surface area (Å²) < 4.78 is 0. The molecule has 0 bridgehead atoms. The van der Waals surface area contributed by atoms with Gasteiger partial charge < -0.3 is 6.53 Å². The summed E-state index contributed by atoms with van der Waals surface area (Å²) in [6.07, 6.45) is 1.45. The van der Waals surface area contributed by atoms with Crippen molar-refractivity contribution in [3.05, 3.63) is 30.1 Å². The molecule has 0 saturated carbocycles. The molecule has 0 atom stereocenters. The number of pyridine rings is 1. The minimum absolute atomic E-state index is 0. The molecule has 0 aliphatic heterocycles. The van der Waals surface area contributed by atoms with Crippen molar-refractivity contribution in [2.45, 2.75) is 0 Å². The van der Waals surface area contributed by atoms with E-state index in [1.165, 1.54) is 12.3 Å². The molecule has 0 aliphatic rings. The molecule has 0 saturated heterocycles. The number of aromatic carboxylic acids is 1. The topological polar surface area (TPSA) is 50.2 Å². The summed E-state index contributed by atoms with van der Waals surface area (Å²) in [6, 6.07) is 4.76. The third kappa shape index (κ3) is 2.22. The maximum atomic E-state index is 10.1. The Labute approximate surface area is 71.8 Å². The Morgan fingerprint density at radius 3 is 2.60 bits per heavy atom. The average Bonchev–Trinajstić information content (AvgIpc) is 1.90. The van der Waals surface area contributed by atoms with Crippen LogP contribution in [0.5, 0.6) is 0 Å². The van der Waals surface area contributed by atoms with Crippen LogP contribution in [0.25, 0.3) is 0 Å². The average molecular weight is 131 g/mol. The number of nitrogens with zero attached hydrogens (tertiary/aromatic N) is 1. The molecule has 0 aromatic carbocycles. The van der Waals surface area contributed by atoms with E-state index in [4.69, 9.17) is 5.11 Å². The van der Waals surface area contributed by atoms with Crippen LogP contribution in [0, 0.1) is 0 Å². The predicted molar refractivity (Wildman–Crippen MR) is 32.3 cm³/mol. The van der Waals surface area contributed by atoms with Gasteiger partial charge in [0.15, 0.2) is 0 Å². The van der Waals surface area contributed by atoms with Crippen LogP contribution in [-0.4, -0.2) is 16.1 Å². The van der Waals surface area contributed by atoms with Gasteiger partial charge >= 0.3 is 24.8 Å². The van der Waals surface area contributed by atoms with E-state index >= 15 is 0 Å². The number of rotatable bonds is 1. The zero-order valence-electron chi connectivity index (χ0n) is 6.61. The van der Waals surface area contributed by atoms with E-state index in [1.807, 2.05) is 0 Å². The van der Waals surface area contributed by atoms with E-state index in [-0.39, 0.29) is 26.0 Å². The normalized spacial score (nSPS) is 8.00. The first kappa shape index (κ1) is 9.22. The fraction of sp³-hybridized carbons (Fsp3) is 0. The van der Waals surface area contributed by atoms with Crippen LogP contribution >= 0.6 is 0 Å². The number of carbonyl (C=O) groups is 1. The first-order valence-electron chi connectivity index (χ1n) is 2.45. The van der Waals surface area contributed by atoms with Crippen LogP contribution in [0.3, 0.4) is 0 Å². The summed E-state index contributed by atoms with van der Waals surface area (Å²) in [5.74, 6) is -0.990. The molecule has 4 heteroatoms. The Hall–Kier alpha value is -0.783. The SMILES string of the molecule is O=C(O)c1ccccn1.[H-].[Li+]. The molecule has 3 nitrogen and oxygen atoms in total. The molecule has 0 aliphatic carbocycles. The molecule has 1 heterocycles. The predicted octanol–water partition coefficient (Wildman–Crippen LogP) is -2.10. The van der Waals surface area contributed by atoms with Crippen LogP contribution in [0.4, 0.5) is 0 Å². The van der Waals surface area contributed by atoms with Crippen molar-refractivity contribution >= 4 is 5.97 Å². The van der Waals surface area contributed by atoms with E-state index < -0.39 is 5.97 Å². The van der Waals surface area contributed by atoms with Crippen molar-refractivity contribution in [2.24, 2.45) is 0 Å². The van der Waals surface area contributed by atoms with E-state index in [1.54, 1.807) is 12.1 Å². The Balaban J connectivity index is 0. The molecule has 0 radical (unpaired) electrons. The molecule has 1 aromatic rings. The van der Waals surface area contributed by atoms with Crippen LogP contribution in [0.1, 0.15) is 11.9 Å². The molecule has 10 heavy (non-hydrogen) atoms. The van der Waals surface area contributed by atoms with Crippen LogP contribution in [0.2, 0.25) is 0 Å². The molecule has 0 unspecified atom stereocenters. The molecular formula is C6H6LiNO2. The molecule has 0 fully saturated rings. The summed E-state index contributed by atoms with van der Waals surface area (Å²) in [5.41, 5.74) is 0.0810. The van der Waals surface area contributed by atoms with Crippen molar-refractivity contribution in [1.82, 2.24) is 4.98 Å². The largest absolute Gasteiger partial charge is 1.00 e. The van der Waals surface area contributed by atoms with Crippen LogP contribution in [0.15, 0.2) is 24.4 Å². The molecule has 0 spiro atoms. The minimum atomic E-state index is -0.990. The van der Waals surface area contributed by atoms with Crippen molar-refractivity contribution in [3.63, 3.8) is 0 Å². The summed E-state index contributed by atoms with van der Waals surface area (Å²) in [6.45, 7) is 0. The second kappa shape index (κ2) is 4.10. The monoisotopic (exact) mass is 131 g/mol. The van der Waals surface area contributed by atoms with Gasteiger partial charge in [-0.05, 0) is 12.1 Å². The molecular weight excluding hydrogens is 125 g/mol.